The second-order valence-corrected chi connectivity index (χ2v) is 7.37. The summed E-state index contributed by atoms with van der Waals surface area (Å²) in [5.41, 5.74) is 2.01. The molecule has 24 heavy (non-hydrogen) atoms. The molecule has 1 aromatic heterocycles. The molecule has 128 valence electrons. The number of pyridine rings is 1. The molecule has 5 nitrogen and oxygen atoms in total. The minimum atomic E-state index is -0.422. The Kier molecular flexibility index (Phi) is 5.06. The number of halogens is 1. The fourth-order valence-electron chi connectivity index (χ4n) is 3.02. The largest absolute Gasteiger partial charge is 0.464 e. The van der Waals surface area contributed by atoms with Crippen molar-refractivity contribution in [2.75, 3.05) is 33.1 Å². The van der Waals surface area contributed by atoms with Crippen molar-refractivity contribution in [2.45, 2.75) is 18.9 Å². The van der Waals surface area contributed by atoms with E-state index in [1.54, 1.807) is 6.07 Å². The van der Waals surface area contributed by atoms with Gasteiger partial charge in [0.05, 0.1) is 12.6 Å². The van der Waals surface area contributed by atoms with Gasteiger partial charge in [-0.2, -0.15) is 0 Å². The van der Waals surface area contributed by atoms with E-state index >= 15 is 0 Å². The van der Waals surface area contributed by atoms with Gasteiger partial charge in [0.2, 0.25) is 0 Å². The van der Waals surface area contributed by atoms with Gasteiger partial charge in [-0.15, -0.1) is 0 Å². The first-order chi connectivity index (χ1) is 11.5. The summed E-state index contributed by atoms with van der Waals surface area (Å²) in [6.07, 6.45) is 2.58. The van der Waals surface area contributed by atoms with Gasteiger partial charge in [0, 0.05) is 28.1 Å². The first-order valence-corrected chi connectivity index (χ1v) is 8.88. The number of ether oxygens (including phenoxy) is 1. The first kappa shape index (κ1) is 17.2. The van der Waals surface area contributed by atoms with Crippen molar-refractivity contribution in [3.63, 3.8) is 0 Å². The fraction of sp³-hybridized carbons (Fsp3) is 0.444. The number of fused-ring (bicyclic) bond motifs is 1. The van der Waals surface area contributed by atoms with Crippen molar-refractivity contribution < 1.29 is 9.53 Å². The van der Waals surface area contributed by atoms with Gasteiger partial charge < -0.3 is 15.0 Å². The van der Waals surface area contributed by atoms with Crippen LogP contribution in [0.1, 0.15) is 23.3 Å². The third-order valence-corrected chi connectivity index (χ3v) is 4.99. The van der Waals surface area contributed by atoms with Crippen molar-refractivity contribution >= 4 is 38.5 Å². The number of carbonyl (C=O) groups is 1. The van der Waals surface area contributed by atoms with Crippen LogP contribution in [0, 0.1) is 5.92 Å². The number of hydrogen-bond donors (Lipinski definition) is 1. The maximum atomic E-state index is 11.9. The Morgan fingerprint density at radius 1 is 1.42 bits per heavy atom. The summed E-state index contributed by atoms with van der Waals surface area (Å²) in [5.74, 6) is 0.335. The number of esters is 1. The Hall–Kier alpha value is -1.66. The molecule has 1 aliphatic carbocycles. The molecule has 0 saturated heterocycles. The van der Waals surface area contributed by atoms with E-state index in [-0.39, 0.29) is 0 Å². The van der Waals surface area contributed by atoms with Gasteiger partial charge in [0.1, 0.15) is 0 Å². The van der Waals surface area contributed by atoms with Crippen LogP contribution in [0.15, 0.2) is 28.7 Å². The van der Waals surface area contributed by atoms with Crippen LogP contribution in [-0.4, -0.2) is 49.6 Å². The third-order valence-electron chi connectivity index (χ3n) is 4.50. The minimum Gasteiger partial charge on any atom is -0.464 e. The van der Waals surface area contributed by atoms with Crippen LogP contribution in [0.25, 0.3) is 10.9 Å². The lowest BCUT2D eigenvalue weighted by molar-refractivity contribution is 0.0594. The molecule has 1 aliphatic rings. The highest BCUT2D eigenvalue weighted by atomic mass is 79.9. The van der Waals surface area contributed by atoms with Gasteiger partial charge in [0.15, 0.2) is 5.69 Å². The van der Waals surface area contributed by atoms with E-state index in [9.17, 15) is 4.79 Å². The minimum absolute atomic E-state index is 0.322. The lowest BCUT2D eigenvalue weighted by Gasteiger charge is -2.25. The van der Waals surface area contributed by atoms with Crippen LogP contribution in [0.2, 0.25) is 0 Å². The Morgan fingerprint density at radius 3 is 2.79 bits per heavy atom. The van der Waals surface area contributed by atoms with E-state index < -0.39 is 5.97 Å². The number of aromatic nitrogens is 1. The smallest absolute Gasteiger partial charge is 0.356 e. The fourth-order valence-corrected chi connectivity index (χ4v) is 3.38. The number of rotatable bonds is 6. The maximum absolute atomic E-state index is 11.9. The van der Waals surface area contributed by atoms with Crippen LogP contribution >= 0.6 is 15.9 Å². The van der Waals surface area contributed by atoms with Gasteiger partial charge in [-0.05, 0) is 57.1 Å². The Bertz CT molecular complexity index is 757. The summed E-state index contributed by atoms with van der Waals surface area (Å²) in [6, 6.07) is 8.11. The Balaban J connectivity index is 1.94. The van der Waals surface area contributed by atoms with E-state index in [2.05, 4.69) is 45.2 Å². The van der Waals surface area contributed by atoms with Crippen LogP contribution in [0.3, 0.4) is 0 Å². The molecule has 0 aliphatic heterocycles. The van der Waals surface area contributed by atoms with Crippen molar-refractivity contribution in [1.29, 1.82) is 0 Å². The summed E-state index contributed by atoms with van der Waals surface area (Å²) in [6.45, 7) is 0.837. The highest BCUT2D eigenvalue weighted by Gasteiger charge is 2.32. The van der Waals surface area contributed by atoms with E-state index in [1.165, 1.54) is 20.0 Å². The van der Waals surface area contributed by atoms with Crippen molar-refractivity contribution in [3.05, 3.63) is 34.4 Å². The topological polar surface area (TPSA) is 54.5 Å². The van der Waals surface area contributed by atoms with Gasteiger partial charge in [-0.3, -0.25) is 0 Å². The average Bonchev–Trinajstić information content (AvgIpc) is 3.38. The number of carbonyl (C=O) groups excluding carboxylic acids is 1. The number of nitrogens with zero attached hydrogens (tertiary/aromatic N) is 2. The molecule has 2 aromatic rings. The number of hydrogen-bond acceptors (Lipinski definition) is 5. The second-order valence-electron chi connectivity index (χ2n) is 6.46. The van der Waals surface area contributed by atoms with Crippen molar-refractivity contribution in [1.82, 2.24) is 9.88 Å². The molecule has 1 aromatic carbocycles. The summed E-state index contributed by atoms with van der Waals surface area (Å²) in [5, 5.41) is 4.52. The van der Waals surface area contributed by atoms with Crippen LogP contribution in [0.4, 0.5) is 5.69 Å². The zero-order chi connectivity index (χ0) is 17.3. The molecule has 1 saturated carbocycles. The molecule has 0 spiro atoms. The Morgan fingerprint density at radius 2 is 2.17 bits per heavy atom. The van der Waals surface area contributed by atoms with Crippen LogP contribution in [0.5, 0.6) is 0 Å². The highest BCUT2D eigenvalue weighted by molar-refractivity contribution is 9.10. The maximum Gasteiger partial charge on any atom is 0.356 e. The number of anilines is 1. The van der Waals surface area contributed by atoms with Crippen molar-refractivity contribution in [3.8, 4) is 0 Å². The number of methoxy groups -OCH3 is 1. The molecule has 3 rings (SSSR count). The number of benzene rings is 1. The normalized spacial score (nSPS) is 15.5. The summed E-state index contributed by atoms with van der Waals surface area (Å²) in [4.78, 5) is 18.6. The summed E-state index contributed by atoms with van der Waals surface area (Å²) >= 11 is 3.51. The quantitative estimate of drug-likeness (QED) is 0.763. The summed E-state index contributed by atoms with van der Waals surface area (Å²) < 4.78 is 5.81. The first-order valence-electron chi connectivity index (χ1n) is 8.08. The SMILES string of the molecule is COC(=O)c1cc(NCC(C2CC2)N(C)C)c2cc(Br)ccc2n1. The predicted octanol–water partition coefficient (Wildman–Crippen LogP) is 3.54. The average molecular weight is 392 g/mol. The standard InChI is InChI=1S/C18H22BrN3O2/c1-22(2)17(11-4-5-11)10-20-15-9-16(18(23)24-3)21-14-7-6-12(19)8-13(14)15/h6-9,11,17H,4-5,10H2,1-3H3,(H,20,21). The molecule has 0 amide bonds. The molecule has 0 radical (unpaired) electrons. The predicted molar refractivity (Wildman–Crippen MR) is 99.5 cm³/mol. The van der Waals surface area contributed by atoms with Crippen LogP contribution < -0.4 is 5.32 Å². The second kappa shape index (κ2) is 7.07. The molecule has 1 N–H and O–H groups in total. The van der Waals surface area contributed by atoms with Crippen molar-refractivity contribution in [2.24, 2.45) is 5.92 Å². The van der Waals surface area contributed by atoms with E-state index in [0.29, 0.717) is 11.7 Å². The van der Waals surface area contributed by atoms with E-state index in [1.807, 2.05) is 18.2 Å². The highest BCUT2D eigenvalue weighted by Crippen LogP contribution is 2.35. The zero-order valence-electron chi connectivity index (χ0n) is 14.2. The molecular weight excluding hydrogens is 370 g/mol. The Labute approximate surface area is 150 Å². The van der Waals surface area contributed by atoms with Gasteiger partial charge >= 0.3 is 5.97 Å². The zero-order valence-corrected chi connectivity index (χ0v) is 15.8. The third kappa shape index (κ3) is 3.70. The van der Waals surface area contributed by atoms with E-state index in [4.69, 9.17) is 4.74 Å². The molecule has 1 unspecified atom stereocenters. The molecule has 0 bridgehead atoms. The molecular formula is C18H22BrN3O2. The van der Waals surface area contributed by atoms with Gasteiger partial charge in [-0.1, -0.05) is 15.9 Å². The summed E-state index contributed by atoms with van der Waals surface area (Å²) in [7, 11) is 5.61. The molecule has 1 heterocycles. The lowest BCUT2D eigenvalue weighted by Crippen LogP contribution is -2.36. The van der Waals surface area contributed by atoms with Gasteiger partial charge in [0.25, 0.3) is 0 Å². The monoisotopic (exact) mass is 391 g/mol. The molecule has 1 atom stereocenters. The number of nitrogens with one attached hydrogen (secondary N) is 1. The van der Waals surface area contributed by atoms with Gasteiger partial charge in [-0.25, -0.2) is 9.78 Å². The lowest BCUT2D eigenvalue weighted by atomic mass is 10.1. The van der Waals surface area contributed by atoms with E-state index in [0.717, 1.165) is 33.5 Å². The van der Waals surface area contributed by atoms with Crippen LogP contribution in [-0.2, 0) is 4.74 Å². The number of likely N-dealkylation sites (N-methyl/N-ethyl adjacent to an activating group) is 1. The molecule has 1 fully saturated rings. The molecule has 6 heteroatoms.